The van der Waals surface area contributed by atoms with E-state index in [-0.39, 0.29) is 5.91 Å². The van der Waals surface area contributed by atoms with Crippen LogP contribution in [0.25, 0.3) is 0 Å². The Labute approximate surface area is 93.2 Å². The third-order valence-electron chi connectivity index (χ3n) is 1.90. The molecule has 1 aromatic rings. The second-order valence-electron chi connectivity index (χ2n) is 3.48. The predicted octanol–water partition coefficient (Wildman–Crippen LogP) is 0.721. The molecule has 0 aromatic carbocycles. The lowest BCUT2D eigenvalue weighted by atomic mass is 10.2. The van der Waals surface area contributed by atoms with E-state index in [0.29, 0.717) is 24.0 Å². The summed E-state index contributed by atoms with van der Waals surface area (Å²) in [6.07, 6.45) is 2.05. The Morgan fingerprint density at radius 1 is 1.80 bits per heavy atom. The Bertz CT molecular complexity index is 326. The molecular weight excluding hydrogens is 212 g/mol. The number of H-pyrrole nitrogens is 1. The van der Waals surface area contributed by atoms with E-state index in [4.69, 9.17) is 5.73 Å². The minimum atomic E-state index is -0.160. The van der Waals surface area contributed by atoms with Gasteiger partial charge in [-0.3, -0.25) is 9.89 Å². The zero-order valence-electron chi connectivity index (χ0n) is 8.91. The summed E-state index contributed by atoms with van der Waals surface area (Å²) in [5.41, 5.74) is 5.80. The van der Waals surface area contributed by atoms with E-state index in [1.54, 1.807) is 11.8 Å². The van der Waals surface area contributed by atoms with Crippen LogP contribution in [0.3, 0.4) is 0 Å². The summed E-state index contributed by atoms with van der Waals surface area (Å²) in [6.45, 7) is 2.76. The zero-order valence-corrected chi connectivity index (χ0v) is 9.73. The van der Waals surface area contributed by atoms with Crippen molar-refractivity contribution < 1.29 is 4.79 Å². The number of aromatic nitrogens is 2. The van der Waals surface area contributed by atoms with Crippen molar-refractivity contribution in [3.8, 4) is 0 Å². The highest BCUT2D eigenvalue weighted by molar-refractivity contribution is 7.98. The molecule has 5 nitrogen and oxygen atoms in total. The van der Waals surface area contributed by atoms with Crippen LogP contribution in [0.5, 0.6) is 0 Å². The maximum atomic E-state index is 11.5. The van der Waals surface area contributed by atoms with Crippen LogP contribution in [-0.4, -0.2) is 34.7 Å². The molecule has 0 spiro atoms. The first-order valence-corrected chi connectivity index (χ1v) is 6.11. The first kappa shape index (κ1) is 11.9. The van der Waals surface area contributed by atoms with Crippen molar-refractivity contribution in [1.82, 2.24) is 15.5 Å². The standard InChI is InChI=1S/C9H16N4OS/c1-6(5-15-2)4-11-9(14)7-3-8(10)13-12-7/h3,6H,4-5H2,1-2H3,(H,11,14)(H3,10,12,13). The summed E-state index contributed by atoms with van der Waals surface area (Å²) in [4.78, 5) is 11.5. The number of nitrogen functional groups attached to an aromatic ring is 1. The monoisotopic (exact) mass is 228 g/mol. The molecule has 6 heteroatoms. The van der Waals surface area contributed by atoms with Gasteiger partial charge in [-0.1, -0.05) is 6.92 Å². The lowest BCUT2D eigenvalue weighted by Crippen LogP contribution is -2.29. The van der Waals surface area contributed by atoms with E-state index in [2.05, 4.69) is 22.4 Å². The van der Waals surface area contributed by atoms with Gasteiger partial charge in [-0.2, -0.15) is 16.9 Å². The number of carbonyl (C=O) groups excluding carboxylic acids is 1. The van der Waals surface area contributed by atoms with E-state index < -0.39 is 0 Å². The van der Waals surface area contributed by atoms with Crippen molar-refractivity contribution in [3.05, 3.63) is 11.8 Å². The number of hydrogen-bond acceptors (Lipinski definition) is 4. The van der Waals surface area contributed by atoms with Gasteiger partial charge in [-0.05, 0) is 17.9 Å². The molecule has 0 radical (unpaired) electrons. The molecule has 1 amide bonds. The molecule has 0 aliphatic carbocycles. The van der Waals surface area contributed by atoms with Crippen molar-refractivity contribution in [2.45, 2.75) is 6.92 Å². The Hall–Kier alpha value is -1.17. The molecule has 1 heterocycles. The molecule has 1 rings (SSSR count). The maximum Gasteiger partial charge on any atom is 0.269 e. The van der Waals surface area contributed by atoms with Gasteiger partial charge < -0.3 is 11.1 Å². The van der Waals surface area contributed by atoms with E-state index >= 15 is 0 Å². The van der Waals surface area contributed by atoms with Crippen LogP contribution in [0, 0.1) is 5.92 Å². The predicted molar refractivity (Wildman–Crippen MR) is 62.9 cm³/mol. The topological polar surface area (TPSA) is 83.8 Å². The quantitative estimate of drug-likeness (QED) is 0.693. The molecule has 15 heavy (non-hydrogen) atoms. The number of carbonyl (C=O) groups is 1. The summed E-state index contributed by atoms with van der Waals surface area (Å²) in [7, 11) is 0. The van der Waals surface area contributed by atoms with E-state index in [0.717, 1.165) is 5.75 Å². The second kappa shape index (κ2) is 5.65. The molecule has 0 fully saturated rings. The van der Waals surface area contributed by atoms with Crippen LogP contribution in [0.2, 0.25) is 0 Å². The van der Waals surface area contributed by atoms with Gasteiger partial charge >= 0.3 is 0 Å². The fourth-order valence-electron chi connectivity index (χ4n) is 1.16. The number of aromatic amines is 1. The van der Waals surface area contributed by atoms with Crippen molar-refractivity contribution in [1.29, 1.82) is 0 Å². The average molecular weight is 228 g/mol. The lowest BCUT2D eigenvalue weighted by molar-refractivity contribution is 0.0944. The first-order chi connectivity index (χ1) is 7.13. The number of rotatable bonds is 5. The molecule has 0 bridgehead atoms. The van der Waals surface area contributed by atoms with Crippen LogP contribution in [0.1, 0.15) is 17.4 Å². The Balaban J connectivity index is 2.36. The summed E-state index contributed by atoms with van der Waals surface area (Å²) >= 11 is 1.77. The highest BCUT2D eigenvalue weighted by Crippen LogP contribution is 2.04. The summed E-state index contributed by atoms with van der Waals surface area (Å²) in [6, 6.07) is 1.52. The molecule has 84 valence electrons. The van der Waals surface area contributed by atoms with Crippen molar-refractivity contribution in [2.75, 3.05) is 24.3 Å². The molecule has 0 saturated heterocycles. The molecule has 1 atom stereocenters. The molecule has 4 N–H and O–H groups in total. The Morgan fingerprint density at radius 3 is 3.07 bits per heavy atom. The van der Waals surface area contributed by atoms with Crippen molar-refractivity contribution >= 4 is 23.5 Å². The van der Waals surface area contributed by atoms with Crippen LogP contribution >= 0.6 is 11.8 Å². The van der Waals surface area contributed by atoms with Crippen LogP contribution in [0.15, 0.2) is 6.07 Å². The normalized spacial score (nSPS) is 12.4. The third kappa shape index (κ3) is 3.83. The summed E-state index contributed by atoms with van der Waals surface area (Å²) in [5, 5.41) is 9.08. The average Bonchev–Trinajstić information content (AvgIpc) is 2.62. The molecule has 0 saturated carbocycles. The zero-order chi connectivity index (χ0) is 11.3. The van der Waals surface area contributed by atoms with Gasteiger partial charge in [-0.25, -0.2) is 0 Å². The van der Waals surface area contributed by atoms with E-state index in [9.17, 15) is 4.79 Å². The van der Waals surface area contributed by atoms with Crippen LogP contribution in [0.4, 0.5) is 5.82 Å². The fraction of sp³-hybridized carbons (Fsp3) is 0.556. The number of nitrogens with two attached hydrogens (primary N) is 1. The number of nitrogens with zero attached hydrogens (tertiary/aromatic N) is 1. The summed E-state index contributed by atoms with van der Waals surface area (Å²) in [5.74, 6) is 1.67. The number of hydrogen-bond donors (Lipinski definition) is 3. The number of thioether (sulfide) groups is 1. The highest BCUT2D eigenvalue weighted by Gasteiger charge is 2.09. The smallest absolute Gasteiger partial charge is 0.269 e. The van der Waals surface area contributed by atoms with Crippen molar-refractivity contribution in [2.24, 2.45) is 5.92 Å². The second-order valence-corrected chi connectivity index (χ2v) is 4.39. The fourth-order valence-corrected chi connectivity index (χ4v) is 1.85. The van der Waals surface area contributed by atoms with Crippen molar-refractivity contribution in [3.63, 3.8) is 0 Å². The SMILES string of the molecule is CSCC(C)CNC(=O)c1cc(N)n[nH]1. The number of anilines is 1. The molecular formula is C9H16N4OS. The minimum absolute atomic E-state index is 0.160. The van der Waals surface area contributed by atoms with Crippen LogP contribution < -0.4 is 11.1 Å². The third-order valence-corrected chi connectivity index (χ3v) is 2.81. The Morgan fingerprint density at radius 2 is 2.53 bits per heavy atom. The van der Waals surface area contributed by atoms with Gasteiger partial charge in [0.2, 0.25) is 0 Å². The summed E-state index contributed by atoms with van der Waals surface area (Å²) < 4.78 is 0. The van der Waals surface area contributed by atoms with Gasteiger partial charge in [0, 0.05) is 12.6 Å². The van der Waals surface area contributed by atoms with E-state index in [1.165, 1.54) is 6.07 Å². The van der Waals surface area contributed by atoms with Gasteiger partial charge in [0.05, 0.1) is 0 Å². The molecule has 0 aliphatic rings. The first-order valence-electron chi connectivity index (χ1n) is 4.71. The molecule has 1 aromatic heterocycles. The number of nitrogens with one attached hydrogen (secondary N) is 2. The minimum Gasteiger partial charge on any atom is -0.382 e. The maximum absolute atomic E-state index is 11.5. The highest BCUT2D eigenvalue weighted by atomic mass is 32.2. The van der Waals surface area contributed by atoms with Gasteiger partial charge in [0.15, 0.2) is 0 Å². The largest absolute Gasteiger partial charge is 0.382 e. The number of amides is 1. The van der Waals surface area contributed by atoms with Gasteiger partial charge in [0.25, 0.3) is 5.91 Å². The lowest BCUT2D eigenvalue weighted by Gasteiger charge is -2.09. The Kier molecular flexibility index (Phi) is 4.48. The van der Waals surface area contributed by atoms with Gasteiger partial charge in [-0.15, -0.1) is 0 Å². The van der Waals surface area contributed by atoms with Crippen LogP contribution in [-0.2, 0) is 0 Å². The van der Waals surface area contributed by atoms with Gasteiger partial charge in [0.1, 0.15) is 11.5 Å². The molecule has 0 aliphatic heterocycles. The van der Waals surface area contributed by atoms with E-state index in [1.807, 2.05) is 6.26 Å². The molecule has 1 unspecified atom stereocenters.